The van der Waals surface area contributed by atoms with Crippen molar-refractivity contribution in [2.24, 2.45) is 5.73 Å². The number of pyridine rings is 1. The van der Waals surface area contributed by atoms with Crippen molar-refractivity contribution in [1.82, 2.24) is 4.98 Å². The van der Waals surface area contributed by atoms with Crippen molar-refractivity contribution in [1.29, 1.82) is 0 Å². The van der Waals surface area contributed by atoms with Gasteiger partial charge in [0.1, 0.15) is 11.2 Å². The van der Waals surface area contributed by atoms with Crippen LogP contribution in [0.4, 0.5) is 5.69 Å². The van der Waals surface area contributed by atoms with Gasteiger partial charge in [-0.1, -0.05) is 11.6 Å². The number of carbonyl (C=O) groups is 1. The first-order chi connectivity index (χ1) is 7.54. The third kappa shape index (κ3) is 3.44. The number of aryl methyl sites for hydroxylation is 1. The first-order valence-electron chi connectivity index (χ1n) is 4.73. The third-order valence-corrected chi connectivity index (χ3v) is 2.20. The molecule has 1 aromatic heterocycles. The summed E-state index contributed by atoms with van der Waals surface area (Å²) in [5.74, 6) is -0.311. The lowest BCUT2D eigenvalue weighted by molar-refractivity contribution is -0.118. The van der Waals surface area contributed by atoms with Crippen molar-refractivity contribution in [2.45, 2.75) is 13.0 Å². The number of anilines is 1. The Kier molecular flexibility index (Phi) is 4.67. The van der Waals surface area contributed by atoms with Crippen molar-refractivity contribution in [3.63, 3.8) is 0 Å². The average molecular weight is 244 g/mol. The van der Waals surface area contributed by atoms with Crippen LogP contribution in [0.1, 0.15) is 5.69 Å². The summed E-state index contributed by atoms with van der Waals surface area (Å²) >= 11 is 5.70. The number of methoxy groups -OCH3 is 1. The maximum atomic E-state index is 11.6. The number of hydrogen-bond donors (Lipinski definition) is 2. The molecule has 16 heavy (non-hydrogen) atoms. The van der Waals surface area contributed by atoms with Crippen molar-refractivity contribution < 1.29 is 9.53 Å². The van der Waals surface area contributed by atoms with Crippen LogP contribution in [0.5, 0.6) is 0 Å². The van der Waals surface area contributed by atoms with E-state index in [-0.39, 0.29) is 12.5 Å². The predicted octanol–water partition coefficient (Wildman–Crippen LogP) is 0.956. The Morgan fingerprint density at radius 2 is 2.38 bits per heavy atom. The SMILES string of the molecule is COCC(N)C(=O)Nc1ccc(Cl)nc1C. The van der Waals surface area contributed by atoms with Crippen molar-refractivity contribution in [3.8, 4) is 0 Å². The zero-order chi connectivity index (χ0) is 12.1. The second kappa shape index (κ2) is 5.79. The van der Waals surface area contributed by atoms with E-state index in [0.29, 0.717) is 16.5 Å². The minimum Gasteiger partial charge on any atom is -0.383 e. The number of amides is 1. The summed E-state index contributed by atoms with van der Waals surface area (Å²) in [6, 6.07) is 2.59. The number of ether oxygens (including phenoxy) is 1. The molecule has 0 aliphatic carbocycles. The highest BCUT2D eigenvalue weighted by atomic mass is 35.5. The first-order valence-corrected chi connectivity index (χ1v) is 5.11. The molecule has 3 N–H and O–H groups in total. The fourth-order valence-electron chi connectivity index (χ4n) is 1.14. The van der Waals surface area contributed by atoms with Gasteiger partial charge in [0, 0.05) is 7.11 Å². The topological polar surface area (TPSA) is 77.2 Å². The summed E-state index contributed by atoms with van der Waals surface area (Å²) in [5.41, 5.74) is 6.81. The lowest BCUT2D eigenvalue weighted by Gasteiger charge is -2.12. The van der Waals surface area contributed by atoms with E-state index >= 15 is 0 Å². The van der Waals surface area contributed by atoms with Crippen molar-refractivity contribution in [3.05, 3.63) is 23.0 Å². The molecule has 0 saturated heterocycles. The van der Waals surface area contributed by atoms with Gasteiger partial charge in [-0.2, -0.15) is 0 Å². The number of carbonyl (C=O) groups excluding carboxylic acids is 1. The standard InChI is InChI=1S/C10H14ClN3O2/c1-6-8(3-4-9(11)13-6)14-10(15)7(12)5-16-2/h3-4,7H,5,12H2,1-2H3,(H,14,15). The molecule has 1 atom stereocenters. The lowest BCUT2D eigenvalue weighted by Crippen LogP contribution is -2.39. The van der Waals surface area contributed by atoms with Gasteiger partial charge >= 0.3 is 0 Å². The minimum atomic E-state index is -0.694. The molecule has 1 aromatic rings. The molecule has 0 saturated carbocycles. The summed E-state index contributed by atoms with van der Waals surface area (Å²) < 4.78 is 4.79. The summed E-state index contributed by atoms with van der Waals surface area (Å²) in [6.45, 7) is 1.93. The average Bonchev–Trinajstić information content (AvgIpc) is 2.22. The molecule has 6 heteroatoms. The molecular weight excluding hydrogens is 230 g/mol. The number of nitrogens with one attached hydrogen (secondary N) is 1. The fraction of sp³-hybridized carbons (Fsp3) is 0.400. The van der Waals surface area contributed by atoms with Crippen molar-refractivity contribution >= 4 is 23.2 Å². The first kappa shape index (κ1) is 12.9. The molecule has 0 bridgehead atoms. The highest BCUT2D eigenvalue weighted by Gasteiger charge is 2.14. The van der Waals surface area contributed by atoms with Crippen LogP contribution in [0.2, 0.25) is 5.15 Å². The minimum absolute atomic E-state index is 0.173. The Hall–Kier alpha value is -1.17. The molecule has 0 aliphatic heterocycles. The highest BCUT2D eigenvalue weighted by molar-refractivity contribution is 6.29. The molecule has 0 spiro atoms. The van der Waals surface area contributed by atoms with Gasteiger partial charge in [0.25, 0.3) is 0 Å². The van der Waals surface area contributed by atoms with Crippen LogP contribution in [-0.2, 0) is 9.53 Å². The van der Waals surface area contributed by atoms with E-state index in [1.54, 1.807) is 19.1 Å². The Labute approximate surface area is 98.9 Å². The lowest BCUT2D eigenvalue weighted by atomic mass is 10.2. The van der Waals surface area contributed by atoms with E-state index in [1.165, 1.54) is 7.11 Å². The van der Waals surface area contributed by atoms with Gasteiger partial charge in [0.15, 0.2) is 0 Å². The quantitative estimate of drug-likeness (QED) is 0.772. The van der Waals surface area contributed by atoms with Crippen LogP contribution in [0, 0.1) is 6.92 Å². The molecule has 1 unspecified atom stereocenters. The van der Waals surface area contributed by atoms with E-state index < -0.39 is 6.04 Å². The van der Waals surface area contributed by atoms with Crippen LogP contribution in [0.25, 0.3) is 0 Å². The van der Waals surface area contributed by atoms with Crippen LogP contribution >= 0.6 is 11.6 Å². The van der Waals surface area contributed by atoms with Crippen LogP contribution < -0.4 is 11.1 Å². The summed E-state index contributed by atoms with van der Waals surface area (Å²) in [6.07, 6.45) is 0. The Morgan fingerprint density at radius 3 is 2.94 bits per heavy atom. The van der Waals surface area contributed by atoms with Gasteiger partial charge in [-0.3, -0.25) is 4.79 Å². The van der Waals surface area contributed by atoms with E-state index in [1.807, 2.05) is 0 Å². The van der Waals surface area contributed by atoms with Gasteiger partial charge in [0.2, 0.25) is 5.91 Å². The zero-order valence-electron chi connectivity index (χ0n) is 9.16. The molecule has 5 nitrogen and oxygen atoms in total. The van der Waals surface area contributed by atoms with Gasteiger partial charge in [-0.05, 0) is 19.1 Å². The number of halogens is 1. The second-order valence-corrected chi connectivity index (χ2v) is 3.71. The van der Waals surface area contributed by atoms with Crippen molar-refractivity contribution in [2.75, 3.05) is 19.0 Å². The monoisotopic (exact) mass is 243 g/mol. The maximum Gasteiger partial charge on any atom is 0.243 e. The molecule has 0 aliphatic rings. The molecular formula is C10H14ClN3O2. The Bertz CT molecular complexity index is 384. The van der Waals surface area contributed by atoms with Crippen LogP contribution in [-0.4, -0.2) is 30.6 Å². The molecule has 88 valence electrons. The molecule has 0 fully saturated rings. The molecule has 0 radical (unpaired) electrons. The van der Waals surface area contributed by atoms with E-state index in [9.17, 15) is 4.79 Å². The number of nitrogens with two attached hydrogens (primary N) is 1. The fourth-order valence-corrected chi connectivity index (χ4v) is 1.33. The maximum absolute atomic E-state index is 11.6. The summed E-state index contributed by atoms with van der Waals surface area (Å²) in [5, 5.41) is 3.04. The highest BCUT2D eigenvalue weighted by Crippen LogP contribution is 2.15. The van der Waals surface area contributed by atoms with E-state index in [2.05, 4.69) is 10.3 Å². The number of rotatable bonds is 4. The zero-order valence-corrected chi connectivity index (χ0v) is 9.91. The van der Waals surface area contributed by atoms with Gasteiger partial charge in [-0.15, -0.1) is 0 Å². The second-order valence-electron chi connectivity index (χ2n) is 3.32. The summed E-state index contributed by atoms with van der Waals surface area (Å²) in [7, 11) is 1.49. The van der Waals surface area contributed by atoms with Gasteiger partial charge < -0.3 is 15.8 Å². The smallest absolute Gasteiger partial charge is 0.243 e. The van der Waals surface area contributed by atoms with Gasteiger partial charge in [-0.25, -0.2) is 4.98 Å². The Balaban J connectivity index is 2.69. The van der Waals surface area contributed by atoms with Gasteiger partial charge in [0.05, 0.1) is 18.0 Å². The molecule has 1 rings (SSSR count). The van der Waals surface area contributed by atoms with E-state index in [0.717, 1.165) is 0 Å². The normalized spacial score (nSPS) is 12.2. The molecule has 1 amide bonds. The number of nitrogens with zero attached hydrogens (tertiary/aromatic N) is 1. The number of hydrogen-bond acceptors (Lipinski definition) is 4. The third-order valence-electron chi connectivity index (χ3n) is 1.99. The summed E-state index contributed by atoms with van der Waals surface area (Å²) in [4.78, 5) is 15.6. The largest absolute Gasteiger partial charge is 0.383 e. The van der Waals surface area contributed by atoms with Crippen LogP contribution in [0.3, 0.4) is 0 Å². The predicted molar refractivity (Wildman–Crippen MR) is 62.5 cm³/mol. The van der Waals surface area contributed by atoms with E-state index in [4.69, 9.17) is 22.1 Å². The number of aromatic nitrogens is 1. The molecule has 0 aromatic carbocycles. The van der Waals surface area contributed by atoms with Crippen LogP contribution in [0.15, 0.2) is 12.1 Å². The Morgan fingerprint density at radius 1 is 1.69 bits per heavy atom. The molecule has 1 heterocycles.